The first-order chi connectivity index (χ1) is 16.3. The maximum Gasteiger partial charge on any atom is 0.277 e. The molecule has 34 heavy (non-hydrogen) atoms. The van der Waals surface area contributed by atoms with E-state index in [0.717, 1.165) is 22.9 Å². The van der Waals surface area contributed by atoms with Gasteiger partial charge in [-0.3, -0.25) is 4.79 Å². The van der Waals surface area contributed by atoms with E-state index in [4.69, 9.17) is 4.42 Å². The van der Waals surface area contributed by atoms with Gasteiger partial charge in [-0.1, -0.05) is 30.0 Å². The number of carbonyl (C=O) groups is 1. The van der Waals surface area contributed by atoms with Crippen molar-refractivity contribution in [2.75, 3.05) is 31.9 Å². The number of piperazine rings is 1. The number of benzene rings is 2. The smallest absolute Gasteiger partial charge is 0.277 e. The number of nitriles is 1. The second-order valence-corrected chi connectivity index (χ2v) is 10.7. The number of amides is 1. The normalized spacial score (nSPS) is 14.7. The maximum absolute atomic E-state index is 13.0. The van der Waals surface area contributed by atoms with Gasteiger partial charge >= 0.3 is 0 Å². The van der Waals surface area contributed by atoms with Gasteiger partial charge in [0.05, 0.1) is 16.2 Å². The van der Waals surface area contributed by atoms with Gasteiger partial charge in [0.15, 0.2) is 0 Å². The zero-order valence-corrected chi connectivity index (χ0v) is 20.4. The van der Waals surface area contributed by atoms with E-state index in [1.807, 2.05) is 38.1 Å². The summed E-state index contributed by atoms with van der Waals surface area (Å²) in [7, 11) is -3.80. The molecule has 11 heteroatoms. The summed E-state index contributed by atoms with van der Waals surface area (Å²) in [5.74, 6) is 0.374. The van der Waals surface area contributed by atoms with E-state index in [1.165, 1.54) is 22.0 Å². The highest BCUT2D eigenvalue weighted by Gasteiger charge is 2.31. The van der Waals surface area contributed by atoms with Crippen LogP contribution >= 0.6 is 11.8 Å². The first-order valence-corrected chi connectivity index (χ1v) is 13.0. The van der Waals surface area contributed by atoms with E-state index in [9.17, 15) is 18.5 Å². The molecule has 176 valence electrons. The zero-order valence-electron chi connectivity index (χ0n) is 18.8. The molecule has 4 rings (SSSR count). The second kappa shape index (κ2) is 9.97. The highest BCUT2D eigenvalue weighted by molar-refractivity contribution is 7.99. The molecule has 1 aliphatic rings. The molecular formula is C23H23N5O4S2. The number of carbonyl (C=O) groups excluding carboxylic acids is 1. The van der Waals surface area contributed by atoms with Crippen molar-refractivity contribution in [2.45, 2.75) is 24.0 Å². The average molecular weight is 498 g/mol. The molecule has 1 amide bonds. The van der Waals surface area contributed by atoms with Crippen LogP contribution in [-0.2, 0) is 14.8 Å². The Labute approximate surface area is 202 Å². The Bertz CT molecular complexity index is 1360. The van der Waals surface area contributed by atoms with Crippen molar-refractivity contribution in [3.63, 3.8) is 0 Å². The Hall–Kier alpha value is -3.20. The third-order valence-electron chi connectivity index (χ3n) is 5.70. The van der Waals surface area contributed by atoms with Gasteiger partial charge in [0.2, 0.25) is 21.8 Å². The van der Waals surface area contributed by atoms with Crippen LogP contribution in [-0.4, -0.2) is 65.7 Å². The van der Waals surface area contributed by atoms with Gasteiger partial charge in [0, 0.05) is 31.7 Å². The minimum atomic E-state index is -3.80. The third kappa shape index (κ3) is 4.99. The van der Waals surface area contributed by atoms with Gasteiger partial charge in [0.1, 0.15) is 6.07 Å². The quantitative estimate of drug-likeness (QED) is 0.477. The zero-order chi connectivity index (χ0) is 24.3. The van der Waals surface area contributed by atoms with Gasteiger partial charge in [-0.2, -0.15) is 9.57 Å². The van der Waals surface area contributed by atoms with E-state index >= 15 is 0 Å². The average Bonchev–Trinajstić information content (AvgIpc) is 3.33. The first kappa shape index (κ1) is 23.9. The molecule has 1 aromatic heterocycles. The molecule has 2 aromatic carbocycles. The van der Waals surface area contributed by atoms with Crippen molar-refractivity contribution in [3.05, 3.63) is 59.2 Å². The van der Waals surface area contributed by atoms with Crippen LogP contribution in [0.3, 0.4) is 0 Å². The Morgan fingerprint density at radius 1 is 1.09 bits per heavy atom. The molecule has 0 bridgehead atoms. The summed E-state index contributed by atoms with van der Waals surface area (Å²) in [4.78, 5) is 14.3. The van der Waals surface area contributed by atoms with Crippen molar-refractivity contribution < 1.29 is 17.6 Å². The van der Waals surface area contributed by atoms with Crippen molar-refractivity contribution in [3.8, 4) is 17.5 Å². The summed E-state index contributed by atoms with van der Waals surface area (Å²) >= 11 is 1.15. The monoisotopic (exact) mass is 497 g/mol. The molecule has 0 aliphatic carbocycles. The van der Waals surface area contributed by atoms with Crippen LogP contribution in [0, 0.1) is 25.2 Å². The third-order valence-corrected chi connectivity index (χ3v) is 8.46. The minimum absolute atomic E-state index is 0.0104. The summed E-state index contributed by atoms with van der Waals surface area (Å²) in [5.41, 5.74) is 3.23. The highest BCUT2D eigenvalue weighted by atomic mass is 32.2. The summed E-state index contributed by atoms with van der Waals surface area (Å²) < 4.78 is 32.9. The fourth-order valence-corrected chi connectivity index (χ4v) is 5.81. The van der Waals surface area contributed by atoms with Gasteiger partial charge < -0.3 is 9.32 Å². The minimum Gasteiger partial charge on any atom is -0.411 e. The van der Waals surface area contributed by atoms with E-state index < -0.39 is 10.0 Å². The largest absolute Gasteiger partial charge is 0.411 e. The predicted octanol–water partition coefficient (Wildman–Crippen LogP) is 2.85. The Morgan fingerprint density at radius 2 is 1.82 bits per heavy atom. The molecule has 1 aliphatic heterocycles. The topological polar surface area (TPSA) is 120 Å². The fraction of sp³-hybridized carbons (Fsp3) is 0.304. The van der Waals surface area contributed by atoms with Crippen molar-refractivity contribution in [1.82, 2.24) is 19.4 Å². The number of thioether (sulfide) groups is 1. The molecule has 0 N–H and O–H groups in total. The summed E-state index contributed by atoms with van der Waals surface area (Å²) in [6, 6.07) is 13.9. The van der Waals surface area contributed by atoms with Crippen LogP contribution < -0.4 is 0 Å². The lowest BCUT2D eigenvalue weighted by Crippen LogP contribution is -2.51. The summed E-state index contributed by atoms with van der Waals surface area (Å²) in [6.45, 7) is 4.90. The lowest BCUT2D eigenvalue weighted by Gasteiger charge is -2.34. The van der Waals surface area contributed by atoms with Gasteiger partial charge in [0.25, 0.3) is 5.22 Å². The molecule has 0 saturated carbocycles. The van der Waals surface area contributed by atoms with E-state index in [-0.39, 0.29) is 48.3 Å². The van der Waals surface area contributed by atoms with Crippen LogP contribution in [0.2, 0.25) is 0 Å². The molecule has 0 spiro atoms. The van der Waals surface area contributed by atoms with Crippen LogP contribution in [0.25, 0.3) is 11.5 Å². The molecule has 2 heterocycles. The van der Waals surface area contributed by atoms with E-state index in [2.05, 4.69) is 10.2 Å². The maximum atomic E-state index is 13.0. The number of nitrogens with zero attached hydrogens (tertiary/aromatic N) is 5. The molecule has 3 aromatic rings. The number of aromatic nitrogens is 2. The number of aryl methyl sites for hydroxylation is 2. The van der Waals surface area contributed by atoms with Crippen LogP contribution in [0.1, 0.15) is 16.7 Å². The SMILES string of the molecule is Cc1ccc(-c2nnc(SCC(=O)N3CCN(S(=O)(=O)c4ccccc4C#N)CC3)o2)cc1C. The lowest BCUT2D eigenvalue weighted by molar-refractivity contribution is -0.129. The lowest BCUT2D eigenvalue weighted by atomic mass is 10.1. The van der Waals surface area contributed by atoms with Crippen LogP contribution in [0.5, 0.6) is 0 Å². The Kier molecular flexibility index (Phi) is 7.02. The van der Waals surface area contributed by atoms with Crippen LogP contribution in [0.15, 0.2) is 57.0 Å². The number of hydrogen-bond donors (Lipinski definition) is 0. The Morgan fingerprint density at radius 3 is 2.53 bits per heavy atom. The number of rotatable bonds is 6. The predicted molar refractivity (Wildman–Crippen MR) is 126 cm³/mol. The number of hydrogen-bond acceptors (Lipinski definition) is 8. The van der Waals surface area contributed by atoms with Gasteiger partial charge in [-0.05, 0) is 49.2 Å². The molecule has 0 radical (unpaired) electrons. The fourth-order valence-electron chi connectivity index (χ4n) is 3.57. The van der Waals surface area contributed by atoms with E-state index in [0.29, 0.717) is 11.1 Å². The molecular weight excluding hydrogens is 474 g/mol. The molecule has 9 nitrogen and oxygen atoms in total. The van der Waals surface area contributed by atoms with Crippen LogP contribution in [0.4, 0.5) is 0 Å². The molecule has 0 atom stereocenters. The second-order valence-electron chi connectivity index (χ2n) is 7.85. The summed E-state index contributed by atoms with van der Waals surface area (Å²) in [5, 5.41) is 17.6. The standard InChI is InChI=1S/C23H23N5O4S2/c1-16-7-8-18(13-17(16)2)22-25-26-23(32-22)33-15-21(29)27-9-11-28(12-10-27)34(30,31)20-6-4-3-5-19(20)14-24/h3-8,13H,9-12,15H2,1-2H3. The molecule has 1 saturated heterocycles. The Balaban J connectivity index is 1.33. The van der Waals surface area contributed by atoms with Crippen molar-refractivity contribution >= 4 is 27.7 Å². The molecule has 0 unspecified atom stereocenters. The van der Waals surface area contributed by atoms with Gasteiger partial charge in [-0.25, -0.2) is 8.42 Å². The van der Waals surface area contributed by atoms with Crippen molar-refractivity contribution in [2.24, 2.45) is 0 Å². The summed E-state index contributed by atoms with van der Waals surface area (Å²) in [6.07, 6.45) is 0. The first-order valence-electron chi connectivity index (χ1n) is 10.6. The van der Waals surface area contributed by atoms with Crippen molar-refractivity contribution in [1.29, 1.82) is 5.26 Å². The van der Waals surface area contributed by atoms with E-state index in [1.54, 1.807) is 17.0 Å². The highest BCUT2D eigenvalue weighted by Crippen LogP contribution is 2.26. The molecule has 1 fully saturated rings. The van der Waals surface area contributed by atoms with Gasteiger partial charge in [-0.15, -0.1) is 10.2 Å². The number of sulfonamides is 1.